The number of amides is 1. The lowest BCUT2D eigenvalue weighted by Crippen LogP contribution is -2.61. The van der Waals surface area contributed by atoms with Crippen LogP contribution in [0.5, 0.6) is 0 Å². The third-order valence-corrected chi connectivity index (χ3v) is 14.6. The van der Waals surface area contributed by atoms with Gasteiger partial charge in [-0.3, -0.25) is 9.59 Å². The van der Waals surface area contributed by atoms with E-state index in [1.807, 2.05) is 42.5 Å². The highest BCUT2D eigenvalue weighted by molar-refractivity contribution is 5.80. The van der Waals surface area contributed by atoms with Crippen LogP contribution in [-0.4, -0.2) is 99.6 Å². The summed E-state index contributed by atoms with van der Waals surface area (Å²) in [5.74, 6) is -1.24. The summed E-state index contributed by atoms with van der Waals surface area (Å²) in [5, 5.41) is 56.9. The van der Waals surface area contributed by atoms with E-state index in [1.165, 1.54) is 128 Å². The van der Waals surface area contributed by atoms with Gasteiger partial charge in [0.2, 0.25) is 5.91 Å². The van der Waals surface area contributed by atoms with Crippen LogP contribution in [0.2, 0.25) is 0 Å². The summed E-state index contributed by atoms with van der Waals surface area (Å²) in [5.41, 5.74) is 0. The molecule has 0 radical (unpaired) electrons. The van der Waals surface area contributed by atoms with Crippen molar-refractivity contribution in [2.75, 3.05) is 13.2 Å². The second-order valence-electron chi connectivity index (χ2n) is 21.8. The van der Waals surface area contributed by atoms with E-state index in [-0.39, 0.29) is 19.4 Å². The molecule has 0 aromatic rings. The highest BCUT2D eigenvalue weighted by Crippen LogP contribution is 2.26. The summed E-state index contributed by atoms with van der Waals surface area (Å²) < 4.78 is 17.5. The summed E-state index contributed by atoms with van der Waals surface area (Å²) in [6.07, 6.45) is 63.2. The molecular formula is C68H117NO10. The molecule has 6 N–H and O–H groups in total. The van der Waals surface area contributed by atoms with Gasteiger partial charge >= 0.3 is 5.97 Å². The van der Waals surface area contributed by atoms with E-state index in [1.54, 1.807) is 6.08 Å². The number of unbranched alkanes of at least 4 members (excludes halogenated alkanes) is 28. The van der Waals surface area contributed by atoms with Crippen molar-refractivity contribution in [3.63, 3.8) is 0 Å². The largest absolute Gasteiger partial charge is 0.454 e. The number of aliphatic hydroxyl groups is 5. The van der Waals surface area contributed by atoms with E-state index < -0.39 is 67.4 Å². The van der Waals surface area contributed by atoms with Gasteiger partial charge in [0.05, 0.1) is 25.4 Å². The second kappa shape index (κ2) is 55.1. The normalized spacial score (nSPS) is 19.5. The van der Waals surface area contributed by atoms with Gasteiger partial charge in [-0.15, -0.1) is 0 Å². The van der Waals surface area contributed by atoms with E-state index in [0.29, 0.717) is 12.8 Å². The maximum Gasteiger partial charge on any atom is 0.306 e. The zero-order valence-electron chi connectivity index (χ0n) is 50.2. The summed E-state index contributed by atoms with van der Waals surface area (Å²) in [6.45, 7) is 5.58. The maximum atomic E-state index is 13.4. The molecule has 454 valence electrons. The Hall–Kier alpha value is -3.42. The minimum Gasteiger partial charge on any atom is -0.454 e. The Bertz CT molecular complexity index is 1650. The highest BCUT2D eigenvalue weighted by Gasteiger charge is 2.47. The van der Waals surface area contributed by atoms with Crippen molar-refractivity contribution in [1.82, 2.24) is 5.32 Å². The molecule has 8 atom stereocenters. The molecule has 0 bridgehead atoms. The Morgan fingerprint density at radius 3 is 1.51 bits per heavy atom. The first kappa shape index (κ1) is 73.6. The average Bonchev–Trinajstić information content (AvgIpc) is 3.47. The highest BCUT2D eigenvalue weighted by atomic mass is 16.7. The molecular weight excluding hydrogens is 991 g/mol. The van der Waals surface area contributed by atoms with Crippen LogP contribution >= 0.6 is 0 Å². The van der Waals surface area contributed by atoms with Crippen molar-refractivity contribution < 1.29 is 49.3 Å². The molecule has 1 saturated heterocycles. The van der Waals surface area contributed by atoms with E-state index >= 15 is 0 Å². The SMILES string of the molecule is CC/C=C/C=C/C=C\C=C/CCCCCC(=O)OC1C(OCC(NC(=O)C(O)CCCCCCCCCCCCCCC/C=C\C/C=C\C/C=C\CCCCC)C(O)/C=C/CCCCCCCCCCC)OC(CO)C(O)C1O. The van der Waals surface area contributed by atoms with Crippen molar-refractivity contribution in [2.24, 2.45) is 0 Å². The van der Waals surface area contributed by atoms with Crippen LogP contribution in [0.3, 0.4) is 0 Å². The fourth-order valence-corrected chi connectivity index (χ4v) is 9.49. The molecule has 1 rings (SSSR count). The number of nitrogens with one attached hydrogen (secondary N) is 1. The van der Waals surface area contributed by atoms with Gasteiger partial charge < -0.3 is 45.1 Å². The summed E-state index contributed by atoms with van der Waals surface area (Å²) in [7, 11) is 0. The Labute approximate surface area is 482 Å². The van der Waals surface area contributed by atoms with Crippen molar-refractivity contribution >= 4 is 11.9 Å². The van der Waals surface area contributed by atoms with Gasteiger partial charge in [0.25, 0.3) is 0 Å². The monoisotopic (exact) mass is 1110 g/mol. The number of rotatable bonds is 53. The number of allylic oxidation sites excluding steroid dienone is 15. The fraction of sp³-hybridized carbons (Fsp3) is 0.735. The molecule has 1 aliphatic heterocycles. The van der Waals surface area contributed by atoms with Crippen molar-refractivity contribution in [1.29, 1.82) is 0 Å². The molecule has 0 spiro atoms. The van der Waals surface area contributed by atoms with Crippen molar-refractivity contribution in [2.45, 2.75) is 307 Å². The first-order chi connectivity index (χ1) is 38.7. The quantitative estimate of drug-likeness (QED) is 0.0149. The minimum absolute atomic E-state index is 0.0740. The molecule has 1 aliphatic rings. The third-order valence-electron chi connectivity index (χ3n) is 14.6. The van der Waals surface area contributed by atoms with E-state index in [4.69, 9.17) is 14.2 Å². The predicted molar refractivity (Wildman–Crippen MR) is 329 cm³/mol. The van der Waals surface area contributed by atoms with Crippen molar-refractivity contribution in [3.8, 4) is 0 Å². The molecule has 0 aromatic heterocycles. The second-order valence-corrected chi connectivity index (χ2v) is 21.8. The summed E-state index contributed by atoms with van der Waals surface area (Å²) in [4.78, 5) is 26.5. The van der Waals surface area contributed by atoms with Crippen LogP contribution < -0.4 is 5.32 Å². The summed E-state index contributed by atoms with van der Waals surface area (Å²) in [6, 6.07) is -1.04. The van der Waals surface area contributed by atoms with Crippen LogP contribution in [-0.2, 0) is 23.8 Å². The van der Waals surface area contributed by atoms with Crippen LogP contribution in [0.4, 0.5) is 0 Å². The molecule has 11 heteroatoms. The molecule has 0 saturated carbocycles. The van der Waals surface area contributed by atoms with Gasteiger partial charge in [-0.05, 0) is 83.5 Å². The van der Waals surface area contributed by atoms with Gasteiger partial charge in [0, 0.05) is 6.42 Å². The summed E-state index contributed by atoms with van der Waals surface area (Å²) >= 11 is 0. The van der Waals surface area contributed by atoms with Gasteiger partial charge in [-0.1, -0.05) is 266 Å². The van der Waals surface area contributed by atoms with Crippen LogP contribution in [0.15, 0.2) is 97.2 Å². The Morgan fingerprint density at radius 2 is 0.962 bits per heavy atom. The van der Waals surface area contributed by atoms with E-state index in [0.717, 1.165) is 83.5 Å². The molecule has 0 aliphatic carbocycles. The topological polar surface area (TPSA) is 175 Å². The van der Waals surface area contributed by atoms with E-state index in [9.17, 15) is 35.1 Å². The van der Waals surface area contributed by atoms with Crippen molar-refractivity contribution in [3.05, 3.63) is 97.2 Å². The van der Waals surface area contributed by atoms with Crippen LogP contribution in [0.25, 0.3) is 0 Å². The van der Waals surface area contributed by atoms with Gasteiger partial charge in [0.1, 0.15) is 24.4 Å². The number of ether oxygens (including phenoxy) is 3. The Morgan fingerprint density at radius 1 is 0.519 bits per heavy atom. The maximum absolute atomic E-state index is 13.4. The minimum atomic E-state index is -1.63. The first-order valence-corrected chi connectivity index (χ1v) is 32.1. The number of carbonyl (C=O) groups is 2. The molecule has 8 unspecified atom stereocenters. The smallest absolute Gasteiger partial charge is 0.306 e. The van der Waals surface area contributed by atoms with Gasteiger partial charge in [-0.25, -0.2) is 0 Å². The van der Waals surface area contributed by atoms with E-state index in [2.05, 4.69) is 74.7 Å². The molecule has 1 amide bonds. The number of hydrogen-bond donors (Lipinski definition) is 6. The van der Waals surface area contributed by atoms with Gasteiger partial charge in [0.15, 0.2) is 12.4 Å². The molecule has 1 heterocycles. The Balaban J connectivity index is 2.59. The standard InChI is InChI=1S/C68H117NO10/c1-4-7-10-13-16-19-22-24-25-26-27-28-29-30-31-32-33-34-35-36-38-40-43-46-49-52-55-61(72)67(76)69-59(60(71)54-51-48-45-42-39-21-18-15-12-9-6-3)58-77-68-66(65(75)64(74)62(57-70)78-68)79-63(73)56-53-50-47-44-41-37-23-20-17-14-11-8-5-2/h8,11,14,16-17,19-20,23-25,27-28,37,41,51,54,59-62,64-66,68,70-72,74-75H,4-7,9-10,12-13,15,18,21-22,26,29-36,38-40,42-50,52-53,55-58H2,1-3H3,(H,69,76)/b11-8+,17-14+,19-16-,23-20-,25-24-,28-27-,41-37-,54-51+. The molecule has 79 heavy (non-hydrogen) atoms. The lowest BCUT2D eigenvalue weighted by Gasteiger charge is -2.41. The van der Waals surface area contributed by atoms with Crippen LogP contribution in [0, 0.1) is 0 Å². The fourth-order valence-electron chi connectivity index (χ4n) is 9.49. The first-order valence-electron chi connectivity index (χ1n) is 32.1. The molecule has 0 aromatic carbocycles. The third kappa shape index (κ3) is 43.0. The molecule has 1 fully saturated rings. The van der Waals surface area contributed by atoms with Gasteiger partial charge in [-0.2, -0.15) is 0 Å². The lowest BCUT2D eigenvalue weighted by atomic mass is 9.99. The number of hydrogen-bond acceptors (Lipinski definition) is 10. The zero-order chi connectivity index (χ0) is 57.5. The predicted octanol–water partition coefficient (Wildman–Crippen LogP) is 15.5. The van der Waals surface area contributed by atoms with Crippen LogP contribution in [0.1, 0.15) is 258 Å². The average molecular weight is 1110 g/mol. The number of esters is 1. The lowest BCUT2D eigenvalue weighted by molar-refractivity contribution is -0.305. The molecule has 11 nitrogen and oxygen atoms in total. The number of carbonyl (C=O) groups excluding carboxylic acids is 2. The number of aliphatic hydroxyl groups excluding tert-OH is 5. The Kier molecular flexibility index (Phi) is 51.4. The zero-order valence-corrected chi connectivity index (χ0v) is 50.2.